The zero-order valence-electron chi connectivity index (χ0n) is 10.8. The summed E-state index contributed by atoms with van der Waals surface area (Å²) in [4.78, 5) is 4.36. The molecule has 1 heterocycles. The lowest BCUT2D eigenvalue weighted by Gasteiger charge is -2.13. The molecule has 0 aliphatic carbocycles. The van der Waals surface area contributed by atoms with Crippen LogP contribution in [0, 0.1) is 0 Å². The first-order valence-corrected chi connectivity index (χ1v) is 6.34. The molecular formula is C13H17ClN4. The lowest BCUT2D eigenvalue weighted by atomic mass is 10.1. The lowest BCUT2D eigenvalue weighted by molar-refractivity contribution is 0.537. The van der Waals surface area contributed by atoms with Gasteiger partial charge in [0.2, 0.25) is 0 Å². The van der Waals surface area contributed by atoms with Crippen LogP contribution in [0.25, 0.3) is 11.4 Å². The maximum absolute atomic E-state index is 6.05. The molecule has 0 saturated carbocycles. The van der Waals surface area contributed by atoms with E-state index in [1.54, 1.807) is 6.33 Å². The van der Waals surface area contributed by atoms with E-state index in [-0.39, 0.29) is 6.04 Å². The van der Waals surface area contributed by atoms with Crippen molar-refractivity contribution in [2.45, 2.75) is 26.4 Å². The Balaban J connectivity index is 2.52. The zero-order chi connectivity index (χ0) is 13.1. The topological polar surface area (TPSA) is 42.7 Å². The van der Waals surface area contributed by atoms with E-state index in [9.17, 15) is 0 Å². The summed E-state index contributed by atoms with van der Waals surface area (Å²) in [6.07, 6.45) is 1.59. The quantitative estimate of drug-likeness (QED) is 0.923. The Kier molecular flexibility index (Phi) is 3.99. The van der Waals surface area contributed by atoms with Gasteiger partial charge in [0.25, 0.3) is 0 Å². The highest BCUT2D eigenvalue weighted by Gasteiger charge is 2.13. The van der Waals surface area contributed by atoms with Crippen LogP contribution in [0.4, 0.5) is 0 Å². The van der Waals surface area contributed by atoms with Crippen LogP contribution in [0.2, 0.25) is 5.02 Å². The summed E-state index contributed by atoms with van der Waals surface area (Å²) in [6.45, 7) is 4.93. The predicted molar refractivity (Wildman–Crippen MR) is 73.6 cm³/mol. The third-order valence-corrected chi connectivity index (χ3v) is 2.97. The highest BCUT2D eigenvalue weighted by atomic mass is 35.5. The normalized spacial score (nSPS) is 11.2. The predicted octanol–water partition coefficient (Wildman–Crippen LogP) is 2.90. The molecule has 0 bridgehead atoms. The van der Waals surface area contributed by atoms with Crippen molar-refractivity contribution in [3.8, 4) is 11.4 Å². The van der Waals surface area contributed by atoms with E-state index in [2.05, 4.69) is 29.2 Å². The molecule has 0 saturated heterocycles. The number of hydrogen-bond donors (Lipinski definition) is 1. The monoisotopic (exact) mass is 264 g/mol. The number of nitrogens with one attached hydrogen (secondary N) is 1. The van der Waals surface area contributed by atoms with Crippen molar-refractivity contribution in [3.05, 3.63) is 35.1 Å². The van der Waals surface area contributed by atoms with Gasteiger partial charge >= 0.3 is 0 Å². The molecule has 0 spiro atoms. The van der Waals surface area contributed by atoms with Crippen molar-refractivity contribution in [2.24, 2.45) is 0 Å². The summed E-state index contributed by atoms with van der Waals surface area (Å²) in [6, 6.07) is 6.13. The maximum atomic E-state index is 6.05. The second-order valence-electron chi connectivity index (χ2n) is 4.45. The number of rotatable bonds is 4. The fourth-order valence-electron chi connectivity index (χ4n) is 1.94. The minimum Gasteiger partial charge on any atom is -0.316 e. The minimum absolute atomic E-state index is 0.278. The average molecular weight is 265 g/mol. The molecule has 96 valence electrons. The van der Waals surface area contributed by atoms with Crippen LogP contribution in [-0.2, 0) is 6.54 Å². The Labute approximate surface area is 112 Å². The molecule has 0 amide bonds. The van der Waals surface area contributed by atoms with Crippen LogP contribution in [0.3, 0.4) is 0 Å². The fraction of sp³-hybridized carbons (Fsp3) is 0.385. The SMILES string of the molecule is CNCc1cc(Cl)ccc1-c1ncnn1C(C)C. The number of nitrogens with zero attached hydrogens (tertiary/aromatic N) is 3. The van der Waals surface area contributed by atoms with Crippen molar-refractivity contribution in [3.63, 3.8) is 0 Å². The number of hydrogen-bond acceptors (Lipinski definition) is 3. The number of benzene rings is 1. The molecule has 0 aliphatic heterocycles. The van der Waals surface area contributed by atoms with E-state index >= 15 is 0 Å². The van der Waals surface area contributed by atoms with Crippen LogP contribution in [0.5, 0.6) is 0 Å². The van der Waals surface area contributed by atoms with E-state index in [0.29, 0.717) is 0 Å². The van der Waals surface area contributed by atoms with Gasteiger partial charge in [-0.1, -0.05) is 11.6 Å². The molecule has 2 aromatic rings. The standard InChI is InChI=1S/C13H17ClN4/c1-9(2)18-13(16-8-17-18)12-5-4-11(14)6-10(12)7-15-3/h4-6,8-9,15H,7H2,1-3H3. The van der Waals surface area contributed by atoms with Gasteiger partial charge in [-0.25, -0.2) is 9.67 Å². The van der Waals surface area contributed by atoms with Crippen LogP contribution in [0.15, 0.2) is 24.5 Å². The molecule has 1 aromatic carbocycles. The molecule has 0 aliphatic rings. The second kappa shape index (κ2) is 5.50. The number of halogens is 1. The van der Waals surface area contributed by atoms with Crippen LogP contribution in [0.1, 0.15) is 25.5 Å². The molecule has 0 atom stereocenters. The fourth-order valence-corrected chi connectivity index (χ4v) is 2.13. The maximum Gasteiger partial charge on any atom is 0.158 e. The molecule has 2 rings (SSSR count). The summed E-state index contributed by atoms with van der Waals surface area (Å²) < 4.78 is 1.92. The molecule has 1 N–H and O–H groups in total. The average Bonchev–Trinajstić information content (AvgIpc) is 2.78. The van der Waals surface area contributed by atoms with Gasteiger partial charge in [-0.15, -0.1) is 0 Å². The first-order valence-electron chi connectivity index (χ1n) is 5.96. The van der Waals surface area contributed by atoms with Gasteiger partial charge in [0.1, 0.15) is 6.33 Å². The van der Waals surface area contributed by atoms with Gasteiger partial charge in [-0.2, -0.15) is 5.10 Å². The van der Waals surface area contributed by atoms with Gasteiger partial charge in [-0.05, 0) is 44.7 Å². The van der Waals surface area contributed by atoms with Crippen LogP contribution < -0.4 is 5.32 Å². The molecule has 4 nitrogen and oxygen atoms in total. The van der Waals surface area contributed by atoms with Crippen molar-refractivity contribution in [1.82, 2.24) is 20.1 Å². The minimum atomic E-state index is 0.278. The third-order valence-electron chi connectivity index (χ3n) is 2.74. The molecule has 0 unspecified atom stereocenters. The Morgan fingerprint density at radius 1 is 1.39 bits per heavy atom. The van der Waals surface area contributed by atoms with Gasteiger partial charge in [-0.3, -0.25) is 0 Å². The Hall–Kier alpha value is -1.39. The molecule has 0 radical (unpaired) electrons. The van der Waals surface area contributed by atoms with E-state index < -0.39 is 0 Å². The highest BCUT2D eigenvalue weighted by Crippen LogP contribution is 2.26. The van der Waals surface area contributed by atoms with Crippen molar-refractivity contribution < 1.29 is 0 Å². The van der Waals surface area contributed by atoms with Crippen molar-refractivity contribution in [1.29, 1.82) is 0 Å². The largest absolute Gasteiger partial charge is 0.316 e. The number of aromatic nitrogens is 3. The van der Waals surface area contributed by atoms with Crippen LogP contribution in [-0.4, -0.2) is 21.8 Å². The smallest absolute Gasteiger partial charge is 0.158 e. The van der Waals surface area contributed by atoms with E-state index in [0.717, 1.165) is 28.5 Å². The molecule has 18 heavy (non-hydrogen) atoms. The summed E-state index contributed by atoms with van der Waals surface area (Å²) in [5, 5.41) is 8.15. The summed E-state index contributed by atoms with van der Waals surface area (Å²) >= 11 is 6.05. The van der Waals surface area contributed by atoms with Gasteiger partial charge in [0.05, 0.1) is 0 Å². The van der Waals surface area contributed by atoms with E-state index in [4.69, 9.17) is 11.6 Å². The summed E-state index contributed by atoms with van der Waals surface area (Å²) in [5.74, 6) is 0.881. The molecule has 0 fully saturated rings. The van der Waals surface area contributed by atoms with Crippen molar-refractivity contribution in [2.75, 3.05) is 7.05 Å². The Morgan fingerprint density at radius 2 is 2.17 bits per heavy atom. The summed E-state index contributed by atoms with van der Waals surface area (Å²) in [5.41, 5.74) is 2.19. The Bertz CT molecular complexity index is 534. The van der Waals surface area contributed by atoms with Crippen LogP contribution >= 0.6 is 11.6 Å². The molecule has 1 aromatic heterocycles. The first-order chi connectivity index (χ1) is 8.63. The molecular weight excluding hydrogens is 248 g/mol. The Morgan fingerprint density at radius 3 is 2.83 bits per heavy atom. The third kappa shape index (κ3) is 2.54. The highest BCUT2D eigenvalue weighted by molar-refractivity contribution is 6.30. The van der Waals surface area contributed by atoms with Gasteiger partial charge in [0.15, 0.2) is 5.82 Å². The lowest BCUT2D eigenvalue weighted by Crippen LogP contribution is -2.10. The van der Waals surface area contributed by atoms with Gasteiger partial charge < -0.3 is 5.32 Å². The van der Waals surface area contributed by atoms with E-state index in [1.165, 1.54) is 0 Å². The van der Waals surface area contributed by atoms with Crippen molar-refractivity contribution >= 4 is 11.6 Å². The van der Waals surface area contributed by atoms with E-state index in [1.807, 2.05) is 29.9 Å². The first kappa shape index (κ1) is 13.1. The second-order valence-corrected chi connectivity index (χ2v) is 4.89. The van der Waals surface area contributed by atoms with Gasteiger partial charge in [0, 0.05) is 23.2 Å². The zero-order valence-corrected chi connectivity index (χ0v) is 11.6. The molecule has 5 heteroatoms. The summed E-state index contributed by atoms with van der Waals surface area (Å²) in [7, 11) is 1.91.